The molecule has 1 aromatic rings. The fraction of sp³-hybridized carbons (Fsp3) is 0.529. The topological polar surface area (TPSA) is 70.7 Å². The van der Waals surface area contributed by atoms with E-state index in [0.717, 1.165) is 24.9 Å². The summed E-state index contributed by atoms with van der Waals surface area (Å²) >= 11 is 0. The van der Waals surface area contributed by atoms with Gasteiger partial charge >= 0.3 is 6.03 Å². The van der Waals surface area contributed by atoms with Gasteiger partial charge in [0, 0.05) is 30.8 Å². The Bertz CT molecular complexity index is 597. The van der Waals surface area contributed by atoms with E-state index in [1.165, 1.54) is 12.8 Å². The molecule has 6 heteroatoms. The van der Waals surface area contributed by atoms with E-state index in [2.05, 4.69) is 10.6 Å². The maximum Gasteiger partial charge on any atom is 0.319 e. The van der Waals surface area contributed by atoms with Gasteiger partial charge in [-0.1, -0.05) is 12.8 Å². The molecule has 0 radical (unpaired) electrons. The minimum absolute atomic E-state index is 0.114. The van der Waals surface area contributed by atoms with Crippen molar-refractivity contribution in [3.63, 3.8) is 0 Å². The van der Waals surface area contributed by atoms with Crippen LogP contribution in [0.5, 0.6) is 5.75 Å². The van der Waals surface area contributed by atoms with Gasteiger partial charge in [-0.05, 0) is 31.4 Å². The van der Waals surface area contributed by atoms with Crippen LogP contribution in [0.4, 0.5) is 16.2 Å². The van der Waals surface area contributed by atoms with Crippen molar-refractivity contribution in [3.05, 3.63) is 18.2 Å². The highest BCUT2D eigenvalue weighted by Crippen LogP contribution is 2.33. The molecule has 0 spiro atoms. The van der Waals surface area contributed by atoms with Crippen LogP contribution in [0.15, 0.2) is 18.2 Å². The Kier molecular flexibility index (Phi) is 4.69. The number of amides is 3. The van der Waals surface area contributed by atoms with Crippen molar-refractivity contribution >= 4 is 23.3 Å². The van der Waals surface area contributed by atoms with E-state index in [-0.39, 0.29) is 18.0 Å². The van der Waals surface area contributed by atoms with Gasteiger partial charge < -0.3 is 20.3 Å². The zero-order chi connectivity index (χ0) is 16.2. The van der Waals surface area contributed by atoms with E-state index >= 15 is 0 Å². The number of ether oxygens (including phenoxy) is 1. The molecule has 0 aromatic heterocycles. The van der Waals surface area contributed by atoms with Gasteiger partial charge in [-0.15, -0.1) is 0 Å². The number of anilines is 2. The van der Waals surface area contributed by atoms with Crippen molar-refractivity contribution in [2.45, 2.75) is 44.6 Å². The van der Waals surface area contributed by atoms with E-state index < -0.39 is 0 Å². The van der Waals surface area contributed by atoms with Crippen molar-refractivity contribution in [1.29, 1.82) is 0 Å². The highest BCUT2D eigenvalue weighted by atomic mass is 16.5. The average molecular weight is 317 g/mol. The lowest BCUT2D eigenvalue weighted by Gasteiger charge is -2.20. The van der Waals surface area contributed by atoms with Crippen molar-refractivity contribution in [3.8, 4) is 5.75 Å². The van der Waals surface area contributed by atoms with Crippen LogP contribution >= 0.6 is 0 Å². The average Bonchev–Trinajstić information content (AvgIpc) is 3.19. The number of urea groups is 1. The Hall–Kier alpha value is -2.24. The summed E-state index contributed by atoms with van der Waals surface area (Å²) in [7, 11) is 1.57. The Morgan fingerprint density at radius 2 is 2.04 bits per heavy atom. The Morgan fingerprint density at radius 3 is 2.70 bits per heavy atom. The van der Waals surface area contributed by atoms with Crippen LogP contribution in [-0.2, 0) is 4.79 Å². The number of rotatable bonds is 4. The second-order valence-electron chi connectivity index (χ2n) is 6.12. The van der Waals surface area contributed by atoms with E-state index in [1.54, 1.807) is 24.1 Å². The normalized spacial score (nSPS) is 18.3. The first-order valence-corrected chi connectivity index (χ1v) is 8.23. The lowest BCUT2D eigenvalue weighted by Crippen LogP contribution is -2.36. The van der Waals surface area contributed by atoms with Crippen molar-refractivity contribution < 1.29 is 14.3 Å². The second kappa shape index (κ2) is 6.89. The third-order valence-corrected chi connectivity index (χ3v) is 4.49. The number of carbonyl (C=O) groups is 2. The summed E-state index contributed by atoms with van der Waals surface area (Å²) in [6, 6.07) is 5.47. The number of methoxy groups -OCH3 is 1. The quantitative estimate of drug-likeness (QED) is 0.897. The van der Waals surface area contributed by atoms with Gasteiger partial charge in [-0.3, -0.25) is 4.79 Å². The molecule has 23 heavy (non-hydrogen) atoms. The Labute approximate surface area is 136 Å². The van der Waals surface area contributed by atoms with Crippen LogP contribution in [0, 0.1) is 0 Å². The molecule has 2 N–H and O–H groups in total. The van der Waals surface area contributed by atoms with E-state index in [9.17, 15) is 9.59 Å². The summed E-state index contributed by atoms with van der Waals surface area (Å²) in [4.78, 5) is 25.7. The molecule has 1 saturated carbocycles. The second-order valence-corrected chi connectivity index (χ2v) is 6.12. The molecule has 0 bridgehead atoms. The van der Waals surface area contributed by atoms with Crippen molar-refractivity contribution in [2.75, 3.05) is 23.9 Å². The van der Waals surface area contributed by atoms with Crippen molar-refractivity contribution in [2.24, 2.45) is 0 Å². The van der Waals surface area contributed by atoms with Gasteiger partial charge in [0.25, 0.3) is 0 Å². The standard InChI is InChI=1S/C17H23N3O3/c1-23-15-11-13(19-17(22)18-12-5-2-3-6-12)8-9-14(15)20-10-4-7-16(20)21/h8-9,11-12H,2-7,10H2,1H3,(H2,18,19,22). The minimum Gasteiger partial charge on any atom is -0.494 e. The lowest BCUT2D eigenvalue weighted by atomic mass is 10.2. The van der Waals surface area contributed by atoms with Gasteiger partial charge in [-0.25, -0.2) is 4.79 Å². The van der Waals surface area contributed by atoms with Gasteiger partial charge in [0.05, 0.1) is 12.8 Å². The summed E-state index contributed by atoms with van der Waals surface area (Å²) in [5.41, 5.74) is 1.42. The Morgan fingerprint density at radius 1 is 1.26 bits per heavy atom. The van der Waals surface area contributed by atoms with Gasteiger partial charge in [0.2, 0.25) is 5.91 Å². The molecule has 2 fully saturated rings. The molecule has 1 heterocycles. The predicted molar refractivity (Wildman–Crippen MR) is 89.0 cm³/mol. The molecule has 1 saturated heterocycles. The van der Waals surface area contributed by atoms with Gasteiger partial charge in [0.1, 0.15) is 5.75 Å². The first-order valence-electron chi connectivity index (χ1n) is 8.23. The summed E-state index contributed by atoms with van der Waals surface area (Å²) in [5, 5.41) is 5.83. The Balaban J connectivity index is 1.68. The van der Waals surface area contributed by atoms with Crippen LogP contribution in [0.25, 0.3) is 0 Å². The molecular weight excluding hydrogens is 294 g/mol. The molecule has 1 aliphatic carbocycles. The first-order chi connectivity index (χ1) is 11.2. The van der Waals surface area contributed by atoms with Crippen LogP contribution in [0.3, 0.4) is 0 Å². The SMILES string of the molecule is COc1cc(NC(=O)NC2CCCC2)ccc1N1CCCC1=O. The molecule has 1 aromatic carbocycles. The zero-order valence-corrected chi connectivity index (χ0v) is 13.4. The minimum atomic E-state index is -0.191. The molecule has 3 rings (SSSR count). The van der Waals surface area contributed by atoms with Gasteiger partial charge in [-0.2, -0.15) is 0 Å². The smallest absolute Gasteiger partial charge is 0.319 e. The maximum atomic E-state index is 12.0. The number of nitrogens with zero attached hydrogens (tertiary/aromatic N) is 1. The number of benzene rings is 1. The molecule has 3 amide bonds. The summed E-state index contributed by atoms with van der Waals surface area (Å²) < 4.78 is 5.40. The van der Waals surface area contributed by atoms with E-state index in [4.69, 9.17) is 4.74 Å². The first kappa shape index (κ1) is 15.6. The number of hydrogen-bond donors (Lipinski definition) is 2. The molecule has 2 aliphatic rings. The van der Waals surface area contributed by atoms with Crippen LogP contribution in [0.2, 0.25) is 0 Å². The highest BCUT2D eigenvalue weighted by Gasteiger charge is 2.24. The lowest BCUT2D eigenvalue weighted by molar-refractivity contribution is -0.117. The maximum absolute atomic E-state index is 12.0. The van der Waals surface area contributed by atoms with Crippen LogP contribution < -0.4 is 20.3 Å². The summed E-state index contributed by atoms with van der Waals surface area (Å²) in [6.07, 6.45) is 5.90. The molecule has 1 aliphatic heterocycles. The van der Waals surface area contributed by atoms with Crippen LogP contribution in [-0.4, -0.2) is 31.6 Å². The molecule has 6 nitrogen and oxygen atoms in total. The third-order valence-electron chi connectivity index (χ3n) is 4.49. The largest absolute Gasteiger partial charge is 0.494 e. The van der Waals surface area contributed by atoms with Crippen LogP contribution in [0.1, 0.15) is 38.5 Å². The van der Waals surface area contributed by atoms with Crippen molar-refractivity contribution in [1.82, 2.24) is 5.32 Å². The highest BCUT2D eigenvalue weighted by molar-refractivity contribution is 5.97. The number of nitrogens with one attached hydrogen (secondary N) is 2. The summed E-state index contributed by atoms with van der Waals surface area (Å²) in [5.74, 6) is 0.710. The molecule has 0 unspecified atom stereocenters. The monoisotopic (exact) mass is 317 g/mol. The fourth-order valence-electron chi connectivity index (χ4n) is 3.30. The third kappa shape index (κ3) is 3.57. The molecule has 0 atom stereocenters. The fourth-order valence-corrected chi connectivity index (χ4v) is 3.30. The van der Waals surface area contributed by atoms with E-state index in [1.807, 2.05) is 6.07 Å². The predicted octanol–water partition coefficient (Wildman–Crippen LogP) is 2.89. The number of hydrogen-bond acceptors (Lipinski definition) is 3. The van der Waals surface area contributed by atoms with E-state index in [0.29, 0.717) is 24.4 Å². The van der Waals surface area contributed by atoms with Gasteiger partial charge in [0.15, 0.2) is 0 Å². The zero-order valence-electron chi connectivity index (χ0n) is 13.4. The number of carbonyl (C=O) groups excluding carboxylic acids is 2. The summed E-state index contributed by atoms with van der Waals surface area (Å²) in [6.45, 7) is 0.712. The molecule has 124 valence electrons. The molecular formula is C17H23N3O3.